The Bertz CT molecular complexity index is 476. The fourth-order valence-electron chi connectivity index (χ4n) is 1.57. The average Bonchev–Trinajstić information content (AvgIpc) is 3.00. The summed E-state index contributed by atoms with van der Waals surface area (Å²) in [6.45, 7) is 3.61. The second-order valence-electron chi connectivity index (χ2n) is 4.72. The highest BCUT2D eigenvalue weighted by Crippen LogP contribution is 2.25. The molecule has 17 heavy (non-hydrogen) atoms. The van der Waals surface area contributed by atoms with Crippen LogP contribution in [0.4, 0.5) is 5.69 Å². The Morgan fingerprint density at radius 1 is 1.18 bits per heavy atom. The van der Waals surface area contributed by atoms with Gasteiger partial charge in [0.2, 0.25) is 10.0 Å². The highest BCUT2D eigenvalue weighted by atomic mass is 32.2. The largest absolute Gasteiger partial charge is 0.382 e. The van der Waals surface area contributed by atoms with Crippen molar-refractivity contribution in [1.29, 1.82) is 0 Å². The minimum atomic E-state index is -3.37. The predicted octanol–water partition coefficient (Wildman–Crippen LogP) is 1.95. The quantitative estimate of drug-likeness (QED) is 0.844. The molecule has 1 saturated carbocycles. The van der Waals surface area contributed by atoms with Gasteiger partial charge in [-0.2, -0.15) is 0 Å². The van der Waals surface area contributed by atoms with E-state index in [1.807, 2.05) is 12.1 Å². The summed E-state index contributed by atoms with van der Waals surface area (Å²) in [6, 6.07) is 7.38. The zero-order valence-electron chi connectivity index (χ0n) is 10.1. The maximum atomic E-state index is 11.9. The average molecular weight is 254 g/mol. The first-order valence-electron chi connectivity index (χ1n) is 5.86. The van der Waals surface area contributed by atoms with E-state index in [0.29, 0.717) is 10.9 Å². The Morgan fingerprint density at radius 2 is 1.76 bits per heavy atom. The maximum absolute atomic E-state index is 11.9. The molecule has 0 amide bonds. The van der Waals surface area contributed by atoms with Crippen molar-refractivity contribution in [3.63, 3.8) is 0 Å². The first kappa shape index (κ1) is 12.4. The van der Waals surface area contributed by atoms with Gasteiger partial charge in [-0.25, -0.2) is 13.1 Å². The second kappa shape index (κ2) is 4.66. The standard InChI is InChI=1S/C12H18N2O2S/c1-9(2)14-17(15,16)12-7-5-11(6-8-12)13-10-3-4-10/h5-10,13-14H,3-4H2,1-2H3. The van der Waals surface area contributed by atoms with Crippen LogP contribution in [0.15, 0.2) is 29.2 Å². The molecule has 0 unspecified atom stereocenters. The monoisotopic (exact) mass is 254 g/mol. The summed E-state index contributed by atoms with van der Waals surface area (Å²) in [5.74, 6) is 0. The molecule has 0 saturated heterocycles. The molecule has 4 nitrogen and oxygen atoms in total. The van der Waals surface area contributed by atoms with Gasteiger partial charge in [0, 0.05) is 17.8 Å². The summed E-state index contributed by atoms with van der Waals surface area (Å²) in [5, 5.41) is 3.32. The van der Waals surface area contributed by atoms with Crippen LogP contribution in [0.1, 0.15) is 26.7 Å². The lowest BCUT2D eigenvalue weighted by molar-refractivity contribution is 0.570. The number of nitrogens with one attached hydrogen (secondary N) is 2. The zero-order valence-corrected chi connectivity index (χ0v) is 10.9. The van der Waals surface area contributed by atoms with Crippen molar-refractivity contribution < 1.29 is 8.42 Å². The molecule has 0 spiro atoms. The van der Waals surface area contributed by atoms with Crippen molar-refractivity contribution in [2.24, 2.45) is 0 Å². The SMILES string of the molecule is CC(C)NS(=O)(=O)c1ccc(NC2CC2)cc1. The Balaban J connectivity index is 2.10. The molecule has 0 radical (unpaired) electrons. The van der Waals surface area contributed by atoms with Gasteiger partial charge in [-0.05, 0) is 51.0 Å². The fraction of sp³-hybridized carbons (Fsp3) is 0.500. The van der Waals surface area contributed by atoms with Gasteiger partial charge in [-0.15, -0.1) is 0 Å². The minimum absolute atomic E-state index is 0.0933. The lowest BCUT2D eigenvalue weighted by atomic mass is 10.3. The van der Waals surface area contributed by atoms with Gasteiger partial charge in [0.15, 0.2) is 0 Å². The van der Waals surface area contributed by atoms with Gasteiger partial charge in [0.25, 0.3) is 0 Å². The third kappa shape index (κ3) is 3.44. The number of benzene rings is 1. The molecule has 0 bridgehead atoms. The first-order chi connectivity index (χ1) is 7.97. The van der Waals surface area contributed by atoms with Gasteiger partial charge >= 0.3 is 0 Å². The van der Waals surface area contributed by atoms with Crippen molar-refractivity contribution in [3.05, 3.63) is 24.3 Å². The van der Waals surface area contributed by atoms with E-state index in [2.05, 4.69) is 10.0 Å². The third-order valence-corrected chi connectivity index (χ3v) is 4.18. The van der Waals surface area contributed by atoms with Crippen LogP contribution in [0.3, 0.4) is 0 Å². The van der Waals surface area contributed by atoms with E-state index >= 15 is 0 Å². The summed E-state index contributed by atoms with van der Waals surface area (Å²) in [7, 11) is -3.37. The Hall–Kier alpha value is -1.07. The molecule has 0 atom stereocenters. The minimum Gasteiger partial charge on any atom is -0.382 e. The molecule has 1 aromatic carbocycles. The molecule has 5 heteroatoms. The first-order valence-corrected chi connectivity index (χ1v) is 7.34. The van der Waals surface area contributed by atoms with E-state index in [-0.39, 0.29) is 6.04 Å². The van der Waals surface area contributed by atoms with E-state index in [1.54, 1.807) is 26.0 Å². The Kier molecular flexibility index (Phi) is 3.40. The molecule has 2 rings (SSSR count). The number of hydrogen-bond acceptors (Lipinski definition) is 3. The number of sulfonamides is 1. The second-order valence-corrected chi connectivity index (χ2v) is 6.43. The van der Waals surface area contributed by atoms with Gasteiger partial charge in [0.05, 0.1) is 4.90 Å². The van der Waals surface area contributed by atoms with E-state index < -0.39 is 10.0 Å². The number of hydrogen-bond donors (Lipinski definition) is 2. The summed E-state index contributed by atoms with van der Waals surface area (Å²) in [5.41, 5.74) is 0.982. The van der Waals surface area contributed by atoms with Gasteiger partial charge in [0.1, 0.15) is 0 Å². The van der Waals surface area contributed by atoms with Gasteiger partial charge in [-0.3, -0.25) is 0 Å². The fourth-order valence-corrected chi connectivity index (χ4v) is 2.82. The van der Waals surface area contributed by atoms with Crippen molar-refractivity contribution in [1.82, 2.24) is 4.72 Å². The third-order valence-electron chi connectivity index (χ3n) is 2.50. The Morgan fingerprint density at radius 3 is 2.24 bits per heavy atom. The number of anilines is 1. The van der Waals surface area contributed by atoms with Crippen molar-refractivity contribution in [2.75, 3.05) is 5.32 Å². The van der Waals surface area contributed by atoms with Crippen LogP contribution in [0.2, 0.25) is 0 Å². The summed E-state index contributed by atoms with van der Waals surface area (Å²) < 4.78 is 26.3. The molecule has 1 aliphatic carbocycles. The number of rotatable bonds is 5. The van der Waals surface area contributed by atoms with Crippen LogP contribution in [0, 0.1) is 0 Å². The lowest BCUT2D eigenvalue weighted by Gasteiger charge is -2.10. The summed E-state index contributed by atoms with van der Waals surface area (Å²) >= 11 is 0. The molecular formula is C12H18N2O2S. The summed E-state index contributed by atoms with van der Waals surface area (Å²) in [4.78, 5) is 0.313. The normalized spacial score (nSPS) is 16.2. The molecule has 2 N–H and O–H groups in total. The smallest absolute Gasteiger partial charge is 0.240 e. The van der Waals surface area contributed by atoms with Crippen molar-refractivity contribution in [2.45, 2.75) is 43.7 Å². The van der Waals surface area contributed by atoms with Crippen LogP contribution in [0.25, 0.3) is 0 Å². The molecule has 1 aliphatic rings. The van der Waals surface area contributed by atoms with Crippen LogP contribution in [-0.4, -0.2) is 20.5 Å². The van der Waals surface area contributed by atoms with Crippen LogP contribution in [-0.2, 0) is 10.0 Å². The highest BCUT2D eigenvalue weighted by molar-refractivity contribution is 7.89. The lowest BCUT2D eigenvalue weighted by Crippen LogP contribution is -2.30. The van der Waals surface area contributed by atoms with E-state index in [4.69, 9.17) is 0 Å². The molecule has 1 fully saturated rings. The molecular weight excluding hydrogens is 236 g/mol. The molecule has 0 heterocycles. The van der Waals surface area contributed by atoms with Crippen LogP contribution >= 0.6 is 0 Å². The highest BCUT2D eigenvalue weighted by Gasteiger charge is 2.21. The molecule has 94 valence electrons. The van der Waals surface area contributed by atoms with E-state index in [1.165, 1.54) is 12.8 Å². The summed E-state index contributed by atoms with van der Waals surface area (Å²) in [6.07, 6.45) is 2.41. The van der Waals surface area contributed by atoms with Gasteiger partial charge < -0.3 is 5.32 Å². The van der Waals surface area contributed by atoms with E-state index in [0.717, 1.165) is 5.69 Å². The van der Waals surface area contributed by atoms with Crippen LogP contribution in [0.5, 0.6) is 0 Å². The molecule has 0 aliphatic heterocycles. The Labute approximate surface area is 102 Å². The van der Waals surface area contributed by atoms with Crippen molar-refractivity contribution >= 4 is 15.7 Å². The van der Waals surface area contributed by atoms with Crippen LogP contribution < -0.4 is 10.0 Å². The molecule has 0 aromatic heterocycles. The maximum Gasteiger partial charge on any atom is 0.240 e. The van der Waals surface area contributed by atoms with Crippen molar-refractivity contribution in [3.8, 4) is 0 Å². The van der Waals surface area contributed by atoms with E-state index in [9.17, 15) is 8.42 Å². The topological polar surface area (TPSA) is 58.2 Å². The van der Waals surface area contributed by atoms with Gasteiger partial charge in [-0.1, -0.05) is 0 Å². The zero-order chi connectivity index (χ0) is 12.5. The predicted molar refractivity (Wildman–Crippen MR) is 68.5 cm³/mol. The molecule has 1 aromatic rings.